The van der Waals surface area contributed by atoms with Crippen LogP contribution in [0.4, 0.5) is 0 Å². The average molecular weight is 332 g/mol. The highest BCUT2D eigenvalue weighted by Gasteiger charge is 2.58. The van der Waals surface area contributed by atoms with Crippen LogP contribution >= 0.6 is 0 Å². The van der Waals surface area contributed by atoms with E-state index in [0.717, 1.165) is 0 Å². The molecule has 3 atom stereocenters. The minimum absolute atomic E-state index is 0.0798. The van der Waals surface area contributed by atoms with E-state index >= 15 is 0 Å². The van der Waals surface area contributed by atoms with Gasteiger partial charge in [0.1, 0.15) is 5.60 Å². The number of ether oxygens (including phenoxy) is 2. The van der Waals surface area contributed by atoms with Crippen LogP contribution in [-0.2, 0) is 19.1 Å². The molecule has 5 heteroatoms. The SMILES string of the molecule is CCOC(=O)[C@H]1C(=O)OC(C)(C)[C@H]1[C@@H](CC)C(=O)c1ccccc1. The monoisotopic (exact) mass is 332 g/mol. The smallest absolute Gasteiger partial charge is 0.321 e. The Balaban J connectivity index is 2.40. The number of hydrogen-bond donors (Lipinski definition) is 0. The van der Waals surface area contributed by atoms with Crippen molar-refractivity contribution in [1.29, 1.82) is 0 Å². The van der Waals surface area contributed by atoms with E-state index in [4.69, 9.17) is 9.47 Å². The van der Waals surface area contributed by atoms with Gasteiger partial charge in [-0.05, 0) is 27.2 Å². The molecule has 0 aromatic heterocycles. The molecule has 1 aromatic carbocycles. The fourth-order valence-electron chi connectivity index (χ4n) is 3.55. The molecule has 0 N–H and O–H groups in total. The van der Waals surface area contributed by atoms with Crippen molar-refractivity contribution in [3.05, 3.63) is 35.9 Å². The normalized spacial score (nSPS) is 23.4. The number of cyclic esters (lactones) is 1. The van der Waals surface area contributed by atoms with Crippen LogP contribution in [0, 0.1) is 17.8 Å². The fraction of sp³-hybridized carbons (Fsp3) is 0.526. The molecule has 0 saturated carbocycles. The van der Waals surface area contributed by atoms with E-state index in [2.05, 4.69) is 0 Å². The lowest BCUT2D eigenvalue weighted by Crippen LogP contribution is -2.42. The van der Waals surface area contributed by atoms with Gasteiger partial charge in [-0.25, -0.2) is 0 Å². The maximum atomic E-state index is 13.0. The molecule has 0 unspecified atom stereocenters. The molecule has 5 nitrogen and oxygen atoms in total. The Hall–Kier alpha value is -2.17. The number of esters is 2. The Morgan fingerprint density at radius 3 is 2.38 bits per heavy atom. The summed E-state index contributed by atoms with van der Waals surface area (Å²) in [4.78, 5) is 37.5. The Labute approximate surface area is 142 Å². The second kappa shape index (κ2) is 7.16. The number of benzene rings is 1. The fourth-order valence-corrected chi connectivity index (χ4v) is 3.55. The van der Waals surface area contributed by atoms with Gasteiger partial charge in [-0.1, -0.05) is 37.3 Å². The summed E-state index contributed by atoms with van der Waals surface area (Å²) in [7, 11) is 0. The van der Waals surface area contributed by atoms with Gasteiger partial charge in [0, 0.05) is 17.4 Å². The van der Waals surface area contributed by atoms with Crippen molar-refractivity contribution in [2.45, 2.75) is 39.7 Å². The first-order valence-corrected chi connectivity index (χ1v) is 8.32. The first-order valence-electron chi connectivity index (χ1n) is 8.32. The van der Waals surface area contributed by atoms with Crippen molar-refractivity contribution in [2.24, 2.45) is 17.8 Å². The molecule has 0 spiro atoms. The lowest BCUT2D eigenvalue weighted by atomic mass is 9.70. The molecule has 0 amide bonds. The Morgan fingerprint density at radius 1 is 1.21 bits per heavy atom. The first kappa shape index (κ1) is 18.2. The van der Waals surface area contributed by atoms with Crippen molar-refractivity contribution in [3.63, 3.8) is 0 Å². The third-order valence-electron chi connectivity index (χ3n) is 4.59. The lowest BCUT2D eigenvalue weighted by molar-refractivity contribution is -0.157. The summed E-state index contributed by atoms with van der Waals surface area (Å²) in [5.41, 5.74) is -0.332. The van der Waals surface area contributed by atoms with Crippen molar-refractivity contribution in [2.75, 3.05) is 6.61 Å². The van der Waals surface area contributed by atoms with Crippen LogP contribution in [0.25, 0.3) is 0 Å². The van der Waals surface area contributed by atoms with Crippen LogP contribution in [0.1, 0.15) is 44.5 Å². The largest absolute Gasteiger partial charge is 0.465 e. The van der Waals surface area contributed by atoms with Gasteiger partial charge in [-0.2, -0.15) is 0 Å². The molecule has 1 aromatic rings. The van der Waals surface area contributed by atoms with Gasteiger partial charge in [0.2, 0.25) is 0 Å². The highest BCUT2D eigenvalue weighted by atomic mass is 16.6. The van der Waals surface area contributed by atoms with Gasteiger partial charge < -0.3 is 9.47 Å². The van der Waals surface area contributed by atoms with Crippen molar-refractivity contribution < 1.29 is 23.9 Å². The molecule has 0 bridgehead atoms. The van der Waals surface area contributed by atoms with E-state index in [1.165, 1.54) is 0 Å². The Morgan fingerprint density at radius 2 is 1.83 bits per heavy atom. The molecule has 130 valence electrons. The number of ketones is 1. The summed E-state index contributed by atoms with van der Waals surface area (Å²) in [6.45, 7) is 7.24. The molecule has 0 aliphatic carbocycles. The molecule has 24 heavy (non-hydrogen) atoms. The Bertz CT molecular complexity index is 620. The maximum absolute atomic E-state index is 13.0. The minimum Gasteiger partial charge on any atom is -0.465 e. The molecular formula is C19H24O5. The predicted molar refractivity (Wildman–Crippen MR) is 88.3 cm³/mol. The van der Waals surface area contributed by atoms with Crippen LogP contribution < -0.4 is 0 Å². The van der Waals surface area contributed by atoms with E-state index in [9.17, 15) is 14.4 Å². The zero-order valence-electron chi connectivity index (χ0n) is 14.6. The second-order valence-corrected chi connectivity index (χ2v) is 6.53. The topological polar surface area (TPSA) is 69.7 Å². The summed E-state index contributed by atoms with van der Waals surface area (Å²) < 4.78 is 10.5. The standard InChI is InChI=1S/C19H24O5/c1-5-13(16(20)12-10-8-7-9-11-12)15-14(17(21)23-6-2)18(22)24-19(15,3)4/h7-11,13-15H,5-6H2,1-4H3/t13-,14+,15+/m1/s1. The van der Waals surface area contributed by atoms with E-state index in [0.29, 0.717) is 12.0 Å². The molecule has 1 aliphatic heterocycles. The number of hydrogen-bond acceptors (Lipinski definition) is 5. The van der Waals surface area contributed by atoms with Crippen LogP contribution in [0.5, 0.6) is 0 Å². The third-order valence-corrected chi connectivity index (χ3v) is 4.59. The lowest BCUT2D eigenvalue weighted by Gasteiger charge is -2.32. The number of carbonyl (C=O) groups excluding carboxylic acids is 3. The maximum Gasteiger partial charge on any atom is 0.321 e. The van der Waals surface area contributed by atoms with Gasteiger partial charge in [-0.15, -0.1) is 0 Å². The predicted octanol–water partition coefficient (Wildman–Crippen LogP) is 3.03. The van der Waals surface area contributed by atoms with Crippen LogP contribution in [0.2, 0.25) is 0 Å². The van der Waals surface area contributed by atoms with Crippen LogP contribution in [0.15, 0.2) is 30.3 Å². The zero-order valence-corrected chi connectivity index (χ0v) is 14.6. The number of Topliss-reactive ketones (excluding diaryl/α,β-unsaturated/α-hetero) is 1. The van der Waals surface area contributed by atoms with E-state index < -0.39 is 35.3 Å². The second-order valence-electron chi connectivity index (χ2n) is 6.53. The van der Waals surface area contributed by atoms with E-state index in [1.54, 1.807) is 45.0 Å². The summed E-state index contributed by atoms with van der Waals surface area (Å²) in [6, 6.07) is 8.92. The van der Waals surface area contributed by atoms with Crippen molar-refractivity contribution in [3.8, 4) is 0 Å². The minimum atomic E-state index is -1.06. The summed E-state index contributed by atoms with van der Waals surface area (Å²) in [6.07, 6.45) is 0.508. The summed E-state index contributed by atoms with van der Waals surface area (Å²) >= 11 is 0. The molecule has 2 rings (SSSR count). The van der Waals surface area contributed by atoms with Crippen molar-refractivity contribution in [1.82, 2.24) is 0 Å². The van der Waals surface area contributed by atoms with Gasteiger partial charge in [0.15, 0.2) is 11.7 Å². The molecule has 0 radical (unpaired) electrons. The highest BCUT2D eigenvalue weighted by Crippen LogP contribution is 2.44. The molecule has 1 aliphatic rings. The highest BCUT2D eigenvalue weighted by molar-refractivity contribution is 6.01. The quantitative estimate of drug-likeness (QED) is 0.455. The third kappa shape index (κ3) is 3.35. The first-order chi connectivity index (χ1) is 11.3. The van der Waals surface area contributed by atoms with Crippen LogP contribution in [0.3, 0.4) is 0 Å². The molecular weight excluding hydrogens is 308 g/mol. The number of carbonyl (C=O) groups is 3. The molecule has 1 saturated heterocycles. The molecule has 1 heterocycles. The summed E-state index contributed by atoms with van der Waals surface area (Å²) in [5.74, 6) is -3.41. The van der Waals surface area contributed by atoms with E-state index in [1.807, 2.05) is 13.0 Å². The zero-order chi connectivity index (χ0) is 17.9. The Kier molecular flexibility index (Phi) is 5.42. The van der Waals surface area contributed by atoms with Gasteiger partial charge in [0.05, 0.1) is 6.61 Å². The van der Waals surface area contributed by atoms with Gasteiger partial charge in [0.25, 0.3) is 0 Å². The van der Waals surface area contributed by atoms with E-state index in [-0.39, 0.29) is 12.4 Å². The van der Waals surface area contributed by atoms with Crippen molar-refractivity contribution >= 4 is 17.7 Å². The molecule has 1 fully saturated rings. The van der Waals surface area contributed by atoms with Gasteiger partial charge >= 0.3 is 11.9 Å². The average Bonchev–Trinajstić information content (AvgIpc) is 2.78. The number of rotatable bonds is 6. The van der Waals surface area contributed by atoms with Gasteiger partial charge in [-0.3, -0.25) is 14.4 Å². The van der Waals surface area contributed by atoms with Crippen LogP contribution in [-0.4, -0.2) is 29.9 Å². The summed E-state index contributed by atoms with van der Waals surface area (Å²) in [5, 5.41) is 0.